The number of benzene rings is 2. The molecule has 4 heteroatoms. The third-order valence-electron chi connectivity index (χ3n) is 4.94. The quantitative estimate of drug-likeness (QED) is 0.710. The molecular weight excluding hydrogens is 324 g/mol. The van der Waals surface area contributed by atoms with Gasteiger partial charge in [0.2, 0.25) is 0 Å². The second-order valence-corrected chi connectivity index (χ2v) is 7.20. The fraction of sp³-hybridized carbons (Fsp3) is 0.318. The fourth-order valence-corrected chi connectivity index (χ4v) is 3.25. The van der Waals surface area contributed by atoms with Gasteiger partial charge in [0.05, 0.1) is 17.7 Å². The summed E-state index contributed by atoms with van der Waals surface area (Å²) < 4.78 is 0. The first-order valence-electron chi connectivity index (χ1n) is 9.13. The highest BCUT2D eigenvalue weighted by Gasteiger charge is 2.22. The number of anilines is 1. The summed E-state index contributed by atoms with van der Waals surface area (Å²) in [6.45, 7) is 4.34. The number of nitrogens with one attached hydrogen (secondary N) is 1. The molecule has 0 unspecified atom stereocenters. The number of amides is 1. The molecule has 4 N–H and O–H groups in total. The van der Waals surface area contributed by atoms with E-state index in [1.165, 1.54) is 5.56 Å². The van der Waals surface area contributed by atoms with Crippen LogP contribution in [0.1, 0.15) is 61.4 Å². The Labute approximate surface area is 155 Å². The Balaban J connectivity index is 1.83. The van der Waals surface area contributed by atoms with Crippen LogP contribution >= 0.6 is 0 Å². The van der Waals surface area contributed by atoms with E-state index in [0.717, 1.165) is 35.7 Å². The molecule has 1 aliphatic rings. The van der Waals surface area contributed by atoms with Gasteiger partial charge >= 0.3 is 0 Å². The molecule has 4 nitrogen and oxygen atoms in total. The number of hydrogen-bond acceptors (Lipinski definition) is 3. The normalized spacial score (nSPS) is 16.0. The molecular formula is C22H26N2O2. The molecule has 1 aliphatic carbocycles. The summed E-state index contributed by atoms with van der Waals surface area (Å²) in [5.41, 5.74) is 10.2. The Morgan fingerprint density at radius 1 is 1.00 bits per heavy atom. The van der Waals surface area contributed by atoms with Gasteiger partial charge in [0.25, 0.3) is 5.91 Å². The van der Waals surface area contributed by atoms with Gasteiger partial charge in [0, 0.05) is 5.69 Å². The predicted molar refractivity (Wildman–Crippen MR) is 105 cm³/mol. The van der Waals surface area contributed by atoms with Crippen molar-refractivity contribution < 1.29 is 9.90 Å². The molecule has 26 heavy (non-hydrogen) atoms. The highest BCUT2D eigenvalue weighted by atomic mass is 16.3. The summed E-state index contributed by atoms with van der Waals surface area (Å²) >= 11 is 0. The largest absolute Gasteiger partial charge is 0.387 e. The summed E-state index contributed by atoms with van der Waals surface area (Å²) in [5, 5.41) is 12.9. The molecule has 0 bridgehead atoms. The van der Waals surface area contributed by atoms with E-state index in [2.05, 4.69) is 43.4 Å². The molecule has 0 aromatic heterocycles. The average Bonchev–Trinajstić information content (AvgIpc) is 2.64. The predicted octanol–water partition coefficient (Wildman–Crippen LogP) is 5.00. The highest BCUT2D eigenvalue weighted by Crippen LogP contribution is 2.33. The SMILES string of the molecule is CC(C)c1ccc(-c2ccc(N[C]3CC[C](O)CC3)c(C(N)=O)c2)cc1. The molecule has 0 atom stereocenters. The number of aliphatic hydroxyl groups is 1. The van der Waals surface area contributed by atoms with Gasteiger partial charge < -0.3 is 16.2 Å². The lowest BCUT2D eigenvalue weighted by molar-refractivity contribution is 0.100. The van der Waals surface area contributed by atoms with Crippen molar-refractivity contribution in [3.8, 4) is 11.1 Å². The zero-order chi connectivity index (χ0) is 18.7. The van der Waals surface area contributed by atoms with Crippen LogP contribution in [0.3, 0.4) is 0 Å². The van der Waals surface area contributed by atoms with Gasteiger partial charge in [-0.15, -0.1) is 0 Å². The maximum Gasteiger partial charge on any atom is 0.250 e. The average molecular weight is 350 g/mol. The zero-order valence-corrected chi connectivity index (χ0v) is 15.4. The van der Waals surface area contributed by atoms with Crippen molar-refractivity contribution in [2.24, 2.45) is 5.73 Å². The number of primary amides is 1. The molecule has 1 amide bonds. The van der Waals surface area contributed by atoms with Crippen LogP contribution in [0.5, 0.6) is 0 Å². The maximum absolute atomic E-state index is 12.0. The standard InChI is InChI=1S/C22H26N2O2/c1-14(2)15-3-5-16(6-4-15)17-7-12-21(20(13-17)22(23)26)24-18-8-10-19(25)11-9-18/h3-7,12-14,24-25H,8-11H2,1-2H3,(H2,23,26). The highest BCUT2D eigenvalue weighted by molar-refractivity contribution is 6.00. The van der Waals surface area contributed by atoms with Gasteiger partial charge in [-0.25, -0.2) is 0 Å². The van der Waals surface area contributed by atoms with Crippen LogP contribution in [0.2, 0.25) is 0 Å². The third kappa shape index (κ3) is 4.25. The van der Waals surface area contributed by atoms with Crippen molar-refractivity contribution in [1.82, 2.24) is 0 Å². The first-order chi connectivity index (χ1) is 12.4. The van der Waals surface area contributed by atoms with Crippen LogP contribution < -0.4 is 11.1 Å². The van der Waals surface area contributed by atoms with E-state index in [9.17, 15) is 9.90 Å². The van der Waals surface area contributed by atoms with Gasteiger partial charge in [-0.1, -0.05) is 44.2 Å². The summed E-state index contributed by atoms with van der Waals surface area (Å²) in [5.74, 6) is 0.0416. The number of aliphatic hydroxyl groups excluding tert-OH is 1. The topological polar surface area (TPSA) is 75.3 Å². The lowest BCUT2D eigenvalue weighted by Crippen LogP contribution is -2.20. The lowest BCUT2D eigenvalue weighted by Gasteiger charge is -2.26. The number of rotatable bonds is 5. The first kappa shape index (κ1) is 18.5. The van der Waals surface area contributed by atoms with E-state index < -0.39 is 5.91 Å². The summed E-state index contributed by atoms with van der Waals surface area (Å²) in [7, 11) is 0. The fourth-order valence-electron chi connectivity index (χ4n) is 3.25. The van der Waals surface area contributed by atoms with Gasteiger partial charge in [0.15, 0.2) is 0 Å². The Morgan fingerprint density at radius 3 is 2.19 bits per heavy atom. The minimum Gasteiger partial charge on any atom is -0.387 e. The second kappa shape index (κ2) is 7.92. The summed E-state index contributed by atoms with van der Waals surface area (Å²) in [6, 6.07) is 15.3. The maximum atomic E-state index is 12.0. The summed E-state index contributed by atoms with van der Waals surface area (Å²) in [6.07, 6.45) is 3.46. The molecule has 1 fully saturated rings. The van der Waals surface area contributed by atoms with Crippen molar-refractivity contribution in [3.05, 3.63) is 65.7 Å². The van der Waals surface area contributed by atoms with E-state index in [-0.39, 0.29) is 0 Å². The zero-order valence-electron chi connectivity index (χ0n) is 15.4. The number of carbonyl (C=O) groups is 1. The van der Waals surface area contributed by atoms with Gasteiger partial charge in [-0.05, 0) is 60.4 Å². The molecule has 0 spiro atoms. The van der Waals surface area contributed by atoms with Crippen LogP contribution in [-0.4, -0.2) is 11.0 Å². The molecule has 2 radical (unpaired) electrons. The third-order valence-corrected chi connectivity index (χ3v) is 4.94. The smallest absolute Gasteiger partial charge is 0.250 e. The molecule has 2 aromatic rings. The van der Waals surface area contributed by atoms with Crippen LogP contribution in [0, 0.1) is 12.1 Å². The van der Waals surface area contributed by atoms with Crippen molar-refractivity contribution >= 4 is 11.6 Å². The van der Waals surface area contributed by atoms with E-state index in [1.54, 1.807) is 0 Å². The van der Waals surface area contributed by atoms with Gasteiger partial charge in [-0.3, -0.25) is 4.79 Å². The van der Waals surface area contributed by atoms with Crippen molar-refractivity contribution in [2.45, 2.75) is 45.4 Å². The number of carbonyl (C=O) groups excluding carboxylic acids is 1. The Bertz CT molecular complexity index is 760. The van der Waals surface area contributed by atoms with Crippen LogP contribution in [0.25, 0.3) is 11.1 Å². The van der Waals surface area contributed by atoms with Crippen molar-refractivity contribution in [2.75, 3.05) is 5.32 Å². The minimum atomic E-state index is -0.445. The monoisotopic (exact) mass is 350 g/mol. The molecule has 136 valence electrons. The van der Waals surface area contributed by atoms with Crippen molar-refractivity contribution in [3.63, 3.8) is 0 Å². The number of hydrogen-bond donors (Lipinski definition) is 3. The van der Waals surface area contributed by atoms with Crippen molar-refractivity contribution in [1.29, 1.82) is 0 Å². The lowest BCUT2D eigenvalue weighted by atomic mass is 9.92. The van der Waals surface area contributed by atoms with Crippen LogP contribution in [0.4, 0.5) is 5.69 Å². The molecule has 3 rings (SSSR count). The van der Waals surface area contributed by atoms with Gasteiger partial charge in [0.1, 0.15) is 0 Å². The number of nitrogens with two attached hydrogens (primary N) is 1. The Kier molecular flexibility index (Phi) is 5.62. The first-order valence-corrected chi connectivity index (χ1v) is 9.13. The Morgan fingerprint density at radius 2 is 1.62 bits per heavy atom. The second-order valence-electron chi connectivity index (χ2n) is 7.20. The van der Waals surface area contributed by atoms with E-state index in [0.29, 0.717) is 30.4 Å². The van der Waals surface area contributed by atoms with E-state index in [1.807, 2.05) is 18.2 Å². The molecule has 0 heterocycles. The molecule has 2 aromatic carbocycles. The van der Waals surface area contributed by atoms with E-state index >= 15 is 0 Å². The van der Waals surface area contributed by atoms with Crippen LogP contribution in [-0.2, 0) is 0 Å². The molecule has 0 aliphatic heterocycles. The Hall–Kier alpha value is -2.33. The molecule has 1 saturated carbocycles. The molecule has 0 saturated heterocycles. The summed E-state index contributed by atoms with van der Waals surface area (Å²) in [4.78, 5) is 12.0. The van der Waals surface area contributed by atoms with Gasteiger partial charge in [-0.2, -0.15) is 0 Å². The van der Waals surface area contributed by atoms with E-state index in [4.69, 9.17) is 5.73 Å². The minimum absolute atomic E-state index is 0.445. The van der Waals surface area contributed by atoms with Crippen LogP contribution in [0.15, 0.2) is 42.5 Å².